The first-order chi connectivity index (χ1) is 15.9. The number of rotatable bonds is 5. The highest BCUT2D eigenvalue weighted by atomic mass is 35.5. The summed E-state index contributed by atoms with van der Waals surface area (Å²) in [4.78, 5) is 14.6. The molecular weight excluding hydrogens is 482 g/mol. The lowest BCUT2D eigenvalue weighted by molar-refractivity contribution is 0.122. The summed E-state index contributed by atoms with van der Waals surface area (Å²) in [6, 6.07) is 10.6. The van der Waals surface area contributed by atoms with Crippen LogP contribution in [0.25, 0.3) is 20.7 Å². The van der Waals surface area contributed by atoms with Crippen LogP contribution in [0.3, 0.4) is 0 Å². The van der Waals surface area contributed by atoms with Crippen molar-refractivity contribution in [3.63, 3.8) is 0 Å². The van der Waals surface area contributed by atoms with Crippen LogP contribution in [0.2, 0.25) is 5.28 Å². The molecule has 0 unspecified atom stereocenters. The molecule has 0 saturated carbocycles. The lowest BCUT2D eigenvalue weighted by Crippen LogP contribution is -2.47. The zero-order valence-corrected chi connectivity index (χ0v) is 20.8. The first kappa shape index (κ1) is 22.9. The van der Waals surface area contributed by atoms with E-state index in [0.29, 0.717) is 26.3 Å². The Bertz CT molecular complexity index is 1250. The van der Waals surface area contributed by atoms with Crippen LogP contribution in [-0.2, 0) is 21.3 Å². The van der Waals surface area contributed by atoms with E-state index >= 15 is 0 Å². The third-order valence-corrected chi connectivity index (χ3v) is 8.70. The van der Waals surface area contributed by atoms with Crippen LogP contribution in [0.1, 0.15) is 5.56 Å². The van der Waals surface area contributed by atoms with E-state index in [-0.39, 0.29) is 5.28 Å². The number of halogens is 1. The molecule has 33 heavy (non-hydrogen) atoms. The molecule has 0 amide bonds. The summed E-state index contributed by atoms with van der Waals surface area (Å²) in [5.41, 5.74) is 3.20. The van der Waals surface area contributed by atoms with Crippen molar-refractivity contribution in [1.82, 2.24) is 19.2 Å². The lowest BCUT2D eigenvalue weighted by Gasteiger charge is -2.33. The van der Waals surface area contributed by atoms with Crippen molar-refractivity contribution < 1.29 is 13.2 Å². The van der Waals surface area contributed by atoms with Crippen LogP contribution in [0.15, 0.2) is 30.3 Å². The van der Waals surface area contributed by atoms with Gasteiger partial charge in [0, 0.05) is 50.7 Å². The maximum atomic E-state index is 11.8. The van der Waals surface area contributed by atoms with E-state index < -0.39 is 10.0 Å². The van der Waals surface area contributed by atoms with Crippen molar-refractivity contribution in [3.05, 3.63) is 41.2 Å². The predicted octanol–water partition coefficient (Wildman–Crippen LogP) is 2.93. The molecule has 11 heteroatoms. The van der Waals surface area contributed by atoms with Gasteiger partial charge in [-0.3, -0.25) is 4.90 Å². The van der Waals surface area contributed by atoms with Gasteiger partial charge in [0.1, 0.15) is 0 Å². The molecule has 0 radical (unpaired) electrons. The Morgan fingerprint density at radius 3 is 2.55 bits per heavy atom. The van der Waals surface area contributed by atoms with E-state index in [2.05, 4.69) is 50.1 Å². The minimum atomic E-state index is -3.12. The molecule has 8 nitrogen and oxygen atoms in total. The van der Waals surface area contributed by atoms with Gasteiger partial charge in [-0.15, -0.1) is 11.3 Å². The van der Waals surface area contributed by atoms with Crippen molar-refractivity contribution in [2.24, 2.45) is 0 Å². The first-order valence-electron chi connectivity index (χ1n) is 10.9. The second-order valence-corrected chi connectivity index (χ2v) is 11.8. The number of fused-ring (bicyclic) bond motifs is 1. The molecule has 0 aliphatic carbocycles. The molecule has 2 aliphatic heterocycles. The summed E-state index contributed by atoms with van der Waals surface area (Å²) in [6.07, 6.45) is 1.28. The minimum absolute atomic E-state index is 0.260. The summed E-state index contributed by atoms with van der Waals surface area (Å²) in [5.74, 6) is 0.879. The van der Waals surface area contributed by atoms with Gasteiger partial charge < -0.3 is 9.64 Å². The van der Waals surface area contributed by atoms with E-state index in [1.165, 1.54) is 11.8 Å². The SMILES string of the molecule is CS(=O)(=O)N1CCN(Cc2cccc(-c3cc4nc(Cl)nc(N5CCOCC5)c4s3)c2)CC1. The second-order valence-electron chi connectivity index (χ2n) is 8.38. The molecule has 1 aromatic carbocycles. The van der Waals surface area contributed by atoms with Crippen molar-refractivity contribution in [3.8, 4) is 10.4 Å². The fourth-order valence-corrected chi connectivity index (χ4v) is 6.43. The normalized spacial score (nSPS) is 18.8. The number of hydrogen-bond acceptors (Lipinski definition) is 8. The van der Waals surface area contributed by atoms with Crippen LogP contribution in [0.4, 0.5) is 5.82 Å². The average Bonchev–Trinajstić information content (AvgIpc) is 3.23. The third-order valence-electron chi connectivity index (χ3n) is 6.06. The number of thiophene rings is 1. The van der Waals surface area contributed by atoms with Crippen LogP contribution in [0.5, 0.6) is 0 Å². The molecule has 4 heterocycles. The fourth-order valence-electron chi connectivity index (χ4n) is 4.32. The number of ether oxygens (including phenoxy) is 1. The molecule has 2 aromatic heterocycles. The van der Waals surface area contributed by atoms with Gasteiger partial charge in [-0.25, -0.2) is 13.4 Å². The van der Waals surface area contributed by atoms with Gasteiger partial charge in [-0.05, 0) is 34.9 Å². The monoisotopic (exact) mass is 507 g/mol. The van der Waals surface area contributed by atoms with Crippen molar-refractivity contribution in [1.29, 1.82) is 0 Å². The highest BCUT2D eigenvalue weighted by Crippen LogP contribution is 2.38. The Kier molecular flexibility index (Phi) is 6.56. The van der Waals surface area contributed by atoms with Gasteiger partial charge in [0.2, 0.25) is 15.3 Å². The maximum absolute atomic E-state index is 11.8. The number of hydrogen-bond donors (Lipinski definition) is 0. The van der Waals surface area contributed by atoms with E-state index in [1.54, 1.807) is 15.6 Å². The molecule has 0 atom stereocenters. The van der Waals surface area contributed by atoms with Gasteiger partial charge in [-0.1, -0.05) is 18.2 Å². The zero-order valence-electron chi connectivity index (χ0n) is 18.4. The number of benzene rings is 1. The van der Waals surface area contributed by atoms with E-state index in [9.17, 15) is 8.42 Å². The second kappa shape index (κ2) is 9.44. The fraction of sp³-hybridized carbons (Fsp3) is 0.455. The van der Waals surface area contributed by atoms with Gasteiger partial charge in [0.15, 0.2) is 5.82 Å². The van der Waals surface area contributed by atoms with Crippen LogP contribution >= 0.6 is 22.9 Å². The molecule has 176 valence electrons. The molecule has 3 aromatic rings. The number of morpholine rings is 1. The molecule has 2 aliphatic rings. The summed E-state index contributed by atoms with van der Waals surface area (Å²) in [5, 5.41) is 0.260. The summed E-state index contributed by atoms with van der Waals surface area (Å²) < 4.78 is 31.6. The van der Waals surface area contributed by atoms with E-state index in [4.69, 9.17) is 16.3 Å². The third kappa shape index (κ3) is 5.16. The van der Waals surface area contributed by atoms with Crippen molar-refractivity contribution >= 4 is 49.0 Å². The van der Waals surface area contributed by atoms with E-state index in [0.717, 1.165) is 59.2 Å². The van der Waals surface area contributed by atoms with E-state index in [1.807, 2.05) is 0 Å². The Labute approximate surface area is 202 Å². The zero-order chi connectivity index (χ0) is 23.0. The number of piperazine rings is 1. The number of sulfonamides is 1. The molecule has 0 bridgehead atoms. The Balaban J connectivity index is 1.37. The Morgan fingerprint density at radius 2 is 1.82 bits per heavy atom. The van der Waals surface area contributed by atoms with Crippen molar-refractivity contribution in [2.45, 2.75) is 6.54 Å². The molecular formula is C22H26ClN5O3S2. The van der Waals surface area contributed by atoms with Gasteiger partial charge >= 0.3 is 0 Å². The number of nitrogens with zero attached hydrogens (tertiary/aromatic N) is 5. The quantitative estimate of drug-likeness (QED) is 0.491. The van der Waals surface area contributed by atoms with Crippen LogP contribution < -0.4 is 4.90 Å². The van der Waals surface area contributed by atoms with Gasteiger partial charge in [0.05, 0.1) is 29.7 Å². The number of aromatic nitrogens is 2. The molecule has 5 rings (SSSR count). The highest BCUT2D eigenvalue weighted by molar-refractivity contribution is 7.88. The minimum Gasteiger partial charge on any atom is -0.378 e. The Hall–Kier alpha value is -1.82. The molecule has 0 N–H and O–H groups in total. The summed E-state index contributed by atoms with van der Waals surface area (Å²) in [6.45, 7) is 6.28. The predicted molar refractivity (Wildman–Crippen MR) is 133 cm³/mol. The maximum Gasteiger partial charge on any atom is 0.224 e. The Morgan fingerprint density at radius 1 is 1.06 bits per heavy atom. The molecule has 2 saturated heterocycles. The summed E-state index contributed by atoms with van der Waals surface area (Å²) in [7, 11) is -3.12. The first-order valence-corrected chi connectivity index (χ1v) is 14.0. The van der Waals surface area contributed by atoms with Gasteiger partial charge in [0.25, 0.3) is 0 Å². The smallest absolute Gasteiger partial charge is 0.224 e. The molecule has 2 fully saturated rings. The number of anilines is 1. The van der Waals surface area contributed by atoms with Crippen LogP contribution in [-0.4, -0.2) is 86.3 Å². The largest absolute Gasteiger partial charge is 0.378 e. The lowest BCUT2D eigenvalue weighted by atomic mass is 10.1. The van der Waals surface area contributed by atoms with Gasteiger partial charge in [-0.2, -0.15) is 9.29 Å². The average molecular weight is 508 g/mol. The standard InChI is InChI=1S/C22H26ClN5O3S2/c1-33(29,30)28-7-5-26(6-8-28)15-16-3-2-4-17(13-16)19-14-18-20(32-19)21(25-22(23)24-18)27-9-11-31-12-10-27/h2-4,13-14H,5-12,15H2,1H3. The highest BCUT2D eigenvalue weighted by Gasteiger charge is 2.23. The topological polar surface area (TPSA) is 78.9 Å². The molecule has 0 spiro atoms. The van der Waals surface area contributed by atoms with Crippen LogP contribution in [0, 0.1) is 0 Å². The summed E-state index contributed by atoms with van der Waals surface area (Å²) >= 11 is 7.93. The van der Waals surface area contributed by atoms with Crippen molar-refractivity contribution in [2.75, 3.05) is 63.6 Å².